The molecule has 2 rings (SSSR count). The zero-order valence-electron chi connectivity index (χ0n) is 12.2. The van der Waals surface area contributed by atoms with Crippen LogP contribution in [0.3, 0.4) is 0 Å². The average molecular weight is 267 g/mol. The molecule has 0 amide bonds. The molecule has 3 heteroatoms. The Kier molecular flexibility index (Phi) is 5.68. The molecule has 110 valence electrons. The Morgan fingerprint density at radius 1 is 0.947 bits per heavy atom. The molecule has 1 aliphatic carbocycles. The molecule has 3 nitrogen and oxygen atoms in total. The smallest absolute Gasteiger partial charge is 0.303 e. The molecule has 0 radical (unpaired) electrons. The summed E-state index contributed by atoms with van der Waals surface area (Å²) < 4.78 is 0. The largest absolute Gasteiger partial charge is 0.481 e. The number of unbranched alkanes of at least 4 members (excludes halogenated alkanes) is 3. The molecular weight excluding hydrogens is 238 g/mol. The summed E-state index contributed by atoms with van der Waals surface area (Å²) in [5.41, 5.74) is 0.694. The highest BCUT2D eigenvalue weighted by Gasteiger charge is 2.41. The molecule has 0 bridgehead atoms. The van der Waals surface area contributed by atoms with E-state index in [4.69, 9.17) is 5.11 Å². The lowest BCUT2D eigenvalue weighted by atomic mass is 9.73. The fourth-order valence-corrected chi connectivity index (χ4v) is 3.82. The quantitative estimate of drug-likeness (QED) is 0.715. The standard InChI is InChI=1S/C16H29NO2/c18-15(19)9-5-1-4-8-12-17-13-16(14-17)10-6-2-3-7-11-16/h1-14H2,(H,18,19). The molecule has 1 N–H and O–H groups in total. The van der Waals surface area contributed by atoms with Crippen LogP contribution in [0.1, 0.15) is 70.6 Å². The maximum Gasteiger partial charge on any atom is 0.303 e. The van der Waals surface area contributed by atoms with Crippen LogP contribution in [0.15, 0.2) is 0 Å². The molecule has 1 spiro atoms. The van der Waals surface area contributed by atoms with Crippen molar-refractivity contribution in [2.24, 2.45) is 5.41 Å². The van der Waals surface area contributed by atoms with Gasteiger partial charge in [-0.25, -0.2) is 0 Å². The molecule has 2 fully saturated rings. The summed E-state index contributed by atoms with van der Waals surface area (Å²) in [6.07, 6.45) is 13.4. The van der Waals surface area contributed by atoms with Crippen molar-refractivity contribution >= 4 is 5.97 Å². The van der Waals surface area contributed by atoms with Gasteiger partial charge >= 0.3 is 5.97 Å². The molecule has 0 aromatic rings. The Morgan fingerprint density at radius 2 is 1.58 bits per heavy atom. The second-order valence-corrected chi connectivity index (χ2v) is 6.68. The van der Waals surface area contributed by atoms with Crippen molar-refractivity contribution in [3.8, 4) is 0 Å². The van der Waals surface area contributed by atoms with E-state index in [0.717, 1.165) is 12.8 Å². The maximum atomic E-state index is 10.4. The predicted molar refractivity (Wildman–Crippen MR) is 77.3 cm³/mol. The van der Waals surface area contributed by atoms with Crippen LogP contribution in [-0.2, 0) is 4.79 Å². The van der Waals surface area contributed by atoms with Crippen LogP contribution in [0.4, 0.5) is 0 Å². The number of aliphatic carboxylic acids is 1. The average Bonchev–Trinajstić information content (AvgIpc) is 2.58. The van der Waals surface area contributed by atoms with Gasteiger partial charge in [0.1, 0.15) is 0 Å². The minimum absolute atomic E-state index is 0.340. The van der Waals surface area contributed by atoms with E-state index >= 15 is 0 Å². The molecular formula is C16H29NO2. The molecule has 1 aliphatic heterocycles. The molecule has 2 aliphatic rings. The van der Waals surface area contributed by atoms with E-state index in [1.165, 1.54) is 71.0 Å². The van der Waals surface area contributed by atoms with Crippen LogP contribution in [0.2, 0.25) is 0 Å². The van der Waals surface area contributed by atoms with Crippen LogP contribution in [0.5, 0.6) is 0 Å². The van der Waals surface area contributed by atoms with E-state index in [9.17, 15) is 4.79 Å². The van der Waals surface area contributed by atoms with Crippen LogP contribution < -0.4 is 0 Å². The lowest BCUT2D eigenvalue weighted by Gasteiger charge is -2.50. The maximum absolute atomic E-state index is 10.4. The van der Waals surface area contributed by atoms with Crippen molar-refractivity contribution < 1.29 is 9.90 Å². The first-order valence-corrected chi connectivity index (χ1v) is 8.14. The first kappa shape index (κ1) is 14.8. The van der Waals surface area contributed by atoms with Crippen molar-refractivity contribution in [2.75, 3.05) is 19.6 Å². The van der Waals surface area contributed by atoms with Crippen molar-refractivity contribution in [2.45, 2.75) is 70.6 Å². The van der Waals surface area contributed by atoms with Crippen LogP contribution in [0, 0.1) is 5.41 Å². The molecule has 1 saturated carbocycles. The lowest BCUT2D eigenvalue weighted by Crippen LogP contribution is -2.56. The number of rotatable bonds is 7. The zero-order chi connectivity index (χ0) is 13.6. The van der Waals surface area contributed by atoms with Gasteiger partial charge in [-0.15, -0.1) is 0 Å². The molecule has 19 heavy (non-hydrogen) atoms. The number of nitrogens with zero attached hydrogens (tertiary/aromatic N) is 1. The molecule has 1 saturated heterocycles. The summed E-state index contributed by atoms with van der Waals surface area (Å²) in [6, 6.07) is 0. The minimum Gasteiger partial charge on any atom is -0.481 e. The molecule has 0 aromatic heterocycles. The number of carbonyl (C=O) groups is 1. The SMILES string of the molecule is O=C(O)CCCCCCN1CC2(CCCCCC2)C1. The third-order valence-corrected chi connectivity index (χ3v) is 4.90. The monoisotopic (exact) mass is 267 g/mol. The van der Waals surface area contributed by atoms with Gasteiger partial charge in [0.15, 0.2) is 0 Å². The highest BCUT2D eigenvalue weighted by atomic mass is 16.4. The van der Waals surface area contributed by atoms with Crippen LogP contribution in [-0.4, -0.2) is 35.6 Å². The first-order valence-electron chi connectivity index (χ1n) is 8.14. The van der Waals surface area contributed by atoms with E-state index in [0.29, 0.717) is 11.8 Å². The van der Waals surface area contributed by atoms with Crippen LogP contribution >= 0.6 is 0 Å². The van der Waals surface area contributed by atoms with E-state index in [2.05, 4.69) is 4.90 Å². The zero-order valence-corrected chi connectivity index (χ0v) is 12.2. The number of hydrogen-bond acceptors (Lipinski definition) is 2. The van der Waals surface area contributed by atoms with Gasteiger partial charge in [0, 0.05) is 19.5 Å². The van der Waals surface area contributed by atoms with Crippen molar-refractivity contribution in [3.05, 3.63) is 0 Å². The normalized spacial score (nSPS) is 22.9. The van der Waals surface area contributed by atoms with E-state index in [-0.39, 0.29) is 0 Å². The second-order valence-electron chi connectivity index (χ2n) is 6.68. The van der Waals surface area contributed by atoms with E-state index in [1.54, 1.807) is 0 Å². The van der Waals surface area contributed by atoms with Gasteiger partial charge in [-0.2, -0.15) is 0 Å². The number of carboxylic acids is 1. The summed E-state index contributed by atoms with van der Waals surface area (Å²) in [5, 5.41) is 8.56. The number of likely N-dealkylation sites (tertiary alicyclic amines) is 1. The number of carboxylic acid groups (broad SMARTS) is 1. The molecule has 0 aromatic carbocycles. The fourth-order valence-electron chi connectivity index (χ4n) is 3.82. The van der Waals surface area contributed by atoms with Gasteiger partial charge in [-0.3, -0.25) is 4.79 Å². The van der Waals surface area contributed by atoms with Gasteiger partial charge in [0.25, 0.3) is 0 Å². The van der Waals surface area contributed by atoms with Gasteiger partial charge in [0.05, 0.1) is 0 Å². The van der Waals surface area contributed by atoms with Gasteiger partial charge in [-0.1, -0.05) is 38.5 Å². The molecule has 1 heterocycles. The minimum atomic E-state index is -0.655. The predicted octanol–water partition coefficient (Wildman–Crippen LogP) is 3.68. The number of hydrogen-bond donors (Lipinski definition) is 1. The summed E-state index contributed by atoms with van der Waals surface area (Å²) in [7, 11) is 0. The van der Waals surface area contributed by atoms with Crippen LogP contribution in [0.25, 0.3) is 0 Å². The second kappa shape index (κ2) is 7.28. The third-order valence-electron chi connectivity index (χ3n) is 4.90. The first-order chi connectivity index (χ1) is 9.20. The van der Waals surface area contributed by atoms with Crippen molar-refractivity contribution in [1.82, 2.24) is 4.90 Å². The summed E-state index contributed by atoms with van der Waals surface area (Å²) in [6.45, 7) is 3.90. The summed E-state index contributed by atoms with van der Waals surface area (Å²) in [4.78, 5) is 13.0. The Hall–Kier alpha value is -0.570. The Bertz CT molecular complexity index is 274. The molecule has 0 unspecified atom stereocenters. The highest BCUT2D eigenvalue weighted by molar-refractivity contribution is 5.66. The fraction of sp³-hybridized carbons (Fsp3) is 0.938. The Morgan fingerprint density at radius 3 is 2.21 bits per heavy atom. The van der Waals surface area contributed by atoms with Crippen molar-refractivity contribution in [1.29, 1.82) is 0 Å². The lowest BCUT2D eigenvalue weighted by molar-refractivity contribution is -0.137. The molecule has 0 atom stereocenters. The topological polar surface area (TPSA) is 40.5 Å². The highest BCUT2D eigenvalue weighted by Crippen LogP contribution is 2.42. The van der Waals surface area contributed by atoms with E-state index < -0.39 is 5.97 Å². The Balaban J connectivity index is 1.49. The van der Waals surface area contributed by atoms with Gasteiger partial charge in [0.2, 0.25) is 0 Å². The summed E-state index contributed by atoms with van der Waals surface area (Å²) in [5.74, 6) is -0.655. The Labute approximate surface area is 117 Å². The van der Waals surface area contributed by atoms with Gasteiger partial charge in [-0.05, 0) is 37.6 Å². The third kappa shape index (κ3) is 4.79. The van der Waals surface area contributed by atoms with Crippen molar-refractivity contribution in [3.63, 3.8) is 0 Å². The van der Waals surface area contributed by atoms with E-state index in [1.807, 2.05) is 0 Å². The summed E-state index contributed by atoms with van der Waals surface area (Å²) >= 11 is 0. The van der Waals surface area contributed by atoms with Gasteiger partial charge < -0.3 is 10.0 Å².